The third-order valence-electron chi connectivity index (χ3n) is 6.65. The molecular formula is C27H25N3O5. The second-order valence-electron chi connectivity index (χ2n) is 8.59. The molecule has 1 spiro atoms. The van der Waals surface area contributed by atoms with E-state index in [9.17, 15) is 14.4 Å². The molecule has 0 aliphatic carbocycles. The van der Waals surface area contributed by atoms with Crippen LogP contribution in [0.1, 0.15) is 29.3 Å². The minimum absolute atomic E-state index is 0.0538. The van der Waals surface area contributed by atoms with Gasteiger partial charge in [-0.25, -0.2) is 4.79 Å². The Morgan fingerprint density at radius 3 is 2.49 bits per heavy atom. The van der Waals surface area contributed by atoms with Crippen molar-refractivity contribution in [2.45, 2.75) is 25.8 Å². The van der Waals surface area contributed by atoms with Crippen molar-refractivity contribution in [3.63, 3.8) is 0 Å². The summed E-state index contributed by atoms with van der Waals surface area (Å²) in [5.41, 5.74) is 6.54. The Hall–Kier alpha value is -4.33. The van der Waals surface area contributed by atoms with Crippen LogP contribution >= 0.6 is 0 Å². The molecule has 1 amide bonds. The Kier molecular flexibility index (Phi) is 5.24. The van der Waals surface area contributed by atoms with Gasteiger partial charge in [0.2, 0.25) is 11.8 Å². The summed E-state index contributed by atoms with van der Waals surface area (Å²) in [6.45, 7) is 3.80. The standard InChI is InChI=1S/C27H25N3O5/c1-4-34-25(32)22-23(28)35-20-14-16(2)30(15-17-10-6-5-7-11-17)24(31)21(20)27(22)18-12-8-9-13-19(18)29(3)26(27)33/h5-14H,4,15,28H2,1-3H3. The summed E-state index contributed by atoms with van der Waals surface area (Å²) in [4.78, 5) is 43.0. The van der Waals surface area contributed by atoms with Gasteiger partial charge >= 0.3 is 5.97 Å². The molecule has 8 heteroatoms. The smallest absolute Gasteiger partial charge is 0.341 e. The summed E-state index contributed by atoms with van der Waals surface area (Å²) >= 11 is 0. The van der Waals surface area contributed by atoms with Crippen molar-refractivity contribution in [2.24, 2.45) is 5.73 Å². The Morgan fingerprint density at radius 2 is 1.77 bits per heavy atom. The van der Waals surface area contributed by atoms with E-state index in [1.165, 1.54) is 4.90 Å². The molecule has 178 valence electrons. The highest BCUT2D eigenvalue weighted by Crippen LogP contribution is 2.54. The Bertz CT molecular complexity index is 1460. The van der Waals surface area contributed by atoms with Crippen LogP contribution in [0.15, 0.2) is 76.9 Å². The third kappa shape index (κ3) is 3.10. The van der Waals surface area contributed by atoms with E-state index in [4.69, 9.17) is 15.2 Å². The number of fused-ring (bicyclic) bond motifs is 4. The average molecular weight is 472 g/mol. The van der Waals surface area contributed by atoms with Crippen LogP contribution in [0.3, 0.4) is 0 Å². The van der Waals surface area contributed by atoms with Gasteiger partial charge in [0.05, 0.1) is 18.7 Å². The number of aromatic nitrogens is 1. The van der Waals surface area contributed by atoms with Crippen LogP contribution in [-0.4, -0.2) is 30.1 Å². The number of aryl methyl sites for hydroxylation is 1. The van der Waals surface area contributed by atoms with Crippen LogP contribution in [0.2, 0.25) is 0 Å². The highest BCUT2D eigenvalue weighted by Gasteiger charge is 2.62. The van der Waals surface area contributed by atoms with Gasteiger partial charge in [0.1, 0.15) is 16.7 Å². The number of pyridine rings is 1. The number of carbonyl (C=O) groups is 2. The zero-order valence-corrected chi connectivity index (χ0v) is 19.7. The average Bonchev–Trinajstić information content (AvgIpc) is 3.05. The van der Waals surface area contributed by atoms with Crippen LogP contribution in [0.5, 0.6) is 5.75 Å². The zero-order chi connectivity index (χ0) is 24.9. The number of rotatable bonds is 4. The molecule has 1 unspecified atom stereocenters. The first-order chi connectivity index (χ1) is 16.8. The highest BCUT2D eigenvalue weighted by atomic mass is 16.5. The number of carbonyl (C=O) groups excluding carboxylic acids is 2. The highest BCUT2D eigenvalue weighted by molar-refractivity contribution is 6.18. The van der Waals surface area contributed by atoms with E-state index in [0.29, 0.717) is 16.9 Å². The summed E-state index contributed by atoms with van der Waals surface area (Å²) in [7, 11) is 1.61. The number of benzene rings is 2. The lowest BCUT2D eigenvalue weighted by Gasteiger charge is -2.35. The third-order valence-corrected chi connectivity index (χ3v) is 6.65. The molecular weight excluding hydrogens is 446 g/mol. The minimum atomic E-state index is -1.79. The molecule has 35 heavy (non-hydrogen) atoms. The fourth-order valence-electron chi connectivity index (χ4n) is 5.11. The molecule has 1 atom stereocenters. The first-order valence-corrected chi connectivity index (χ1v) is 11.3. The second-order valence-corrected chi connectivity index (χ2v) is 8.59. The Morgan fingerprint density at radius 1 is 1.09 bits per heavy atom. The van der Waals surface area contributed by atoms with Crippen molar-refractivity contribution in [1.82, 2.24) is 4.57 Å². The lowest BCUT2D eigenvalue weighted by Crippen LogP contribution is -2.51. The summed E-state index contributed by atoms with van der Waals surface area (Å²) in [5.74, 6) is -1.38. The topological polar surface area (TPSA) is 104 Å². The van der Waals surface area contributed by atoms with Gasteiger partial charge in [-0.15, -0.1) is 0 Å². The Balaban J connectivity index is 1.87. The minimum Gasteiger partial charge on any atom is -0.462 e. The van der Waals surface area contributed by atoms with Crippen LogP contribution < -0.4 is 20.9 Å². The van der Waals surface area contributed by atoms with Crippen LogP contribution in [0, 0.1) is 6.92 Å². The second kappa shape index (κ2) is 8.16. The van der Waals surface area contributed by atoms with Gasteiger partial charge in [-0.05, 0) is 25.5 Å². The lowest BCUT2D eigenvalue weighted by atomic mass is 9.68. The number of ether oxygens (including phenoxy) is 2. The summed E-state index contributed by atoms with van der Waals surface area (Å²) in [6.07, 6.45) is 0. The van der Waals surface area contributed by atoms with Gasteiger partial charge in [-0.2, -0.15) is 0 Å². The largest absolute Gasteiger partial charge is 0.462 e. The molecule has 2 N–H and O–H groups in total. The molecule has 1 aromatic heterocycles. The number of nitrogens with zero attached hydrogens (tertiary/aromatic N) is 2. The quantitative estimate of drug-likeness (QED) is 0.587. The monoisotopic (exact) mass is 471 g/mol. The Labute approximate surface area is 202 Å². The summed E-state index contributed by atoms with van der Waals surface area (Å²) < 4.78 is 12.7. The van der Waals surface area contributed by atoms with Gasteiger partial charge in [0.25, 0.3) is 5.56 Å². The van der Waals surface area contributed by atoms with E-state index in [1.54, 1.807) is 55.8 Å². The van der Waals surface area contributed by atoms with Crippen LogP contribution in [0.25, 0.3) is 0 Å². The number of para-hydroxylation sites is 1. The molecule has 2 aliphatic heterocycles. The van der Waals surface area contributed by atoms with Crippen molar-refractivity contribution in [3.05, 3.63) is 105 Å². The van der Waals surface area contributed by atoms with E-state index in [2.05, 4.69) is 0 Å². The van der Waals surface area contributed by atoms with Crippen LogP contribution in [-0.2, 0) is 26.3 Å². The number of anilines is 1. The number of esters is 1. The molecule has 3 heterocycles. The first kappa shape index (κ1) is 22.5. The predicted molar refractivity (Wildman–Crippen MR) is 130 cm³/mol. The fraction of sp³-hybridized carbons (Fsp3) is 0.222. The predicted octanol–water partition coefficient (Wildman–Crippen LogP) is 2.59. The molecule has 0 bridgehead atoms. The fourth-order valence-corrected chi connectivity index (χ4v) is 5.11. The maximum absolute atomic E-state index is 14.2. The molecule has 3 aromatic rings. The van der Waals surface area contributed by atoms with Gasteiger partial charge in [-0.3, -0.25) is 9.59 Å². The van der Waals surface area contributed by atoms with E-state index < -0.39 is 22.9 Å². The molecule has 5 rings (SSSR count). The molecule has 2 aromatic carbocycles. The SMILES string of the molecule is CCOC(=O)C1=C(N)Oc2cc(C)n(Cc3ccccc3)c(=O)c2C12C(=O)N(C)c1ccccc12. The van der Waals surface area contributed by atoms with Crippen molar-refractivity contribution < 1.29 is 19.1 Å². The maximum Gasteiger partial charge on any atom is 0.341 e. The maximum atomic E-state index is 14.2. The number of likely N-dealkylation sites (N-methyl/N-ethyl adjacent to an activating group) is 1. The van der Waals surface area contributed by atoms with Gasteiger partial charge in [0, 0.05) is 30.1 Å². The molecule has 2 aliphatic rings. The molecule has 0 fully saturated rings. The number of amides is 1. The molecule has 8 nitrogen and oxygen atoms in total. The summed E-state index contributed by atoms with van der Waals surface area (Å²) in [6, 6.07) is 18.3. The zero-order valence-electron chi connectivity index (χ0n) is 19.7. The first-order valence-electron chi connectivity index (χ1n) is 11.3. The van der Waals surface area contributed by atoms with Gasteiger partial charge in [0.15, 0.2) is 0 Å². The van der Waals surface area contributed by atoms with E-state index in [-0.39, 0.29) is 35.9 Å². The van der Waals surface area contributed by atoms with Crippen molar-refractivity contribution >= 4 is 17.6 Å². The number of hydrogen-bond acceptors (Lipinski definition) is 6. The summed E-state index contributed by atoms with van der Waals surface area (Å²) in [5, 5.41) is 0. The van der Waals surface area contributed by atoms with Crippen LogP contribution in [0.4, 0.5) is 5.69 Å². The number of nitrogens with two attached hydrogens (primary N) is 1. The molecule has 0 radical (unpaired) electrons. The normalized spacial score (nSPS) is 18.4. The molecule has 0 saturated heterocycles. The van der Waals surface area contributed by atoms with E-state index in [1.807, 2.05) is 30.3 Å². The van der Waals surface area contributed by atoms with Gasteiger partial charge < -0.3 is 24.7 Å². The van der Waals surface area contributed by atoms with Crippen molar-refractivity contribution in [3.8, 4) is 5.75 Å². The van der Waals surface area contributed by atoms with Crippen molar-refractivity contribution in [1.29, 1.82) is 0 Å². The number of hydrogen-bond donors (Lipinski definition) is 1. The van der Waals surface area contributed by atoms with E-state index >= 15 is 0 Å². The van der Waals surface area contributed by atoms with Gasteiger partial charge in [-0.1, -0.05) is 48.5 Å². The molecule has 0 saturated carbocycles. The lowest BCUT2D eigenvalue weighted by molar-refractivity contribution is -0.140. The van der Waals surface area contributed by atoms with E-state index in [0.717, 1.165) is 5.56 Å². The van der Waals surface area contributed by atoms with Crippen molar-refractivity contribution in [2.75, 3.05) is 18.6 Å².